The molecule has 0 aliphatic rings. The molecule has 0 saturated heterocycles. The van der Waals surface area contributed by atoms with Gasteiger partial charge in [-0.25, -0.2) is 8.42 Å². The van der Waals surface area contributed by atoms with Gasteiger partial charge in [-0.2, -0.15) is 0 Å². The molecule has 11 heteroatoms. The standard InChI is InChI=1S/C31H38ClN3O6S/c1-7-13-33-31(37)23(4)34(19-24-9-8-10-25(32)17-24)30(36)20-35(26-15-21(2)14-22(3)16-26)42(38,39)27-11-12-28(40-5)29(18-27)41-6/h8-12,14-18,23H,7,13,19-20H2,1-6H3,(H,33,37). The molecule has 3 aromatic rings. The van der Waals surface area contributed by atoms with Crippen molar-refractivity contribution in [2.24, 2.45) is 0 Å². The number of benzene rings is 3. The van der Waals surface area contributed by atoms with Crippen LogP contribution in [0.15, 0.2) is 65.6 Å². The van der Waals surface area contributed by atoms with Crippen molar-refractivity contribution in [2.45, 2.75) is 51.6 Å². The Morgan fingerprint density at radius 1 is 0.952 bits per heavy atom. The van der Waals surface area contributed by atoms with Crippen LogP contribution < -0.4 is 19.1 Å². The number of nitrogens with one attached hydrogen (secondary N) is 1. The molecule has 3 aromatic carbocycles. The van der Waals surface area contributed by atoms with Gasteiger partial charge in [0.1, 0.15) is 12.6 Å². The minimum absolute atomic E-state index is 0.0528. The Kier molecular flexibility index (Phi) is 11.2. The summed E-state index contributed by atoms with van der Waals surface area (Å²) >= 11 is 6.20. The molecule has 1 unspecified atom stereocenters. The molecule has 0 aliphatic carbocycles. The number of anilines is 1. The van der Waals surface area contributed by atoms with Gasteiger partial charge in [-0.05, 0) is 80.3 Å². The van der Waals surface area contributed by atoms with E-state index in [1.165, 1.54) is 37.3 Å². The van der Waals surface area contributed by atoms with E-state index in [0.717, 1.165) is 21.9 Å². The second-order valence-corrected chi connectivity index (χ2v) is 12.3. The van der Waals surface area contributed by atoms with E-state index in [1.807, 2.05) is 26.8 Å². The highest BCUT2D eigenvalue weighted by Gasteiger charge is 2.33. The zero-order chi connectivity index (χ0) is 31.0. The summed E-state index contributed by atoms with van der Waals surface area (Å²) < 4.78 is 40.1. The SMILES string of the molecule is CCCNC(=O)C(C)N(Cc1cccc(Cl)c1)C(=O)CN(c1cc(C)cc(C)c1)S(=O)(=O)c1ccc(OC)c(OC)c1. The van der Waals surface area contributed by atoms with E-state index in [2.05, 4.69) is 5.32 Å². The van der Waals surface area contributed by atoms with Crippen molar-refractivity contribution in [3.05, 3.63) is 82.4 Å². The summed E-state index contributed by atoms with van der Waals surface area (Å²) in [7, 11) is -1.41. The summed E-state index contributed by atoms with van der Waals surface area (Å²) in [6.45, 7) is 7.21. The third-order valence-corrected chi connectivity index (χ3v) is 8.68. The summed E-state index contributed by atoms with van der Waals surface area (Å²) in [5, 5.41) is 3.31. The summed E-state index contributed by atoms with van der Waals surface area (Å²) in [6.07, 6.45) is 0.727. The van der Waals surface area contributed by atoms with Crippen molar-refractivity contribution in [1.82, 2.24) is 10.2 Å². The Morgan fingerprint density at radius 3 is 2.21 bits per heavy atom. The minimum Gasteiger partial charge on any atom is -0.493 e. The Labute approximate surface area is 253 Å². The van der Waals surface area contributed by atoms with E-state index < -0.39 is 28.5 Å². The van der Waals surface area contributed by atoms with Crippen LogP contribution in [0, 0.1) is 13.8 Å². The predicted octanol–water partition coefficient (Wildman–Crippen LogP) is 5.11. The number of ether oxygens (including phenoxy) is 2. The van der Waals surface area contributed by atoms with Gasteiger partial charge in [0.25, 0.3) is 10.0 Å². The molecule has 1 atom stereocenters. The van der Waals surface area contributed by atoms with Gasteiger partial charge < -0.3 is 19.7 Å². The smallest absolute Gasteiger partial charge is 0.264 e. The fourth-order valence-electron chi connectivity index (χ4n) is 4.54. The lowest BCUT2D eigenvalue weighted by Gasteiger charge is -2.32. The van der Waals surface area contributed by atoms with Crippen LogP contribution in [0.3, 0.4) is 0 Å². The zero-order valence-electron chi connectivity index (χ0n) is 24.8. The molecule has 0 radical (unpaired) electrons. The average Bonchev–Trinajstić information content (AvgIpc) is 2.95. The van der Waals surface area contributed by atoms with Crippen LogP contribution >= 0.6 is 11.6 Å². The molecule has 42 heavy (non-hydrogen) atoms. The number of carbonyl (C=O) groups is 2. The summed E-state index contributed by atoms with van der Waals surface area (Å²) in [5.41, 5.74) is 2.68. The summed E-state index contributed by atoms with van der Waals surface area (Å²) in [5.74, 6) is -0.301. The maximum absolute atomic E-state index is 14.2. The normalized spacial score (nSPS) is 11.9. The van der Waals surface area contributed by atoms with Crippen molar-refractivity contribution >= 4 is 39.1 Å². The van der Waals surface area contributed by atoms with Gasteiger partial charge in [0.15, 0.2) is 11.5 Å². The van der Waals surface area contributed by atoms with Crippen LogP contribution in [0.5, 0.6) is 11.5 Å². The first-order chi connectivity index (χ1) is 19.9. The third kappa shape index (κ3) is 7.95. The Morgan fingerprint density at radius 2 is 1.62 bits per heavy atom. The van der Waals surface area contributed by atoms with E-state index in [1.54, 1.807) is 43.3 Å². The Balaban J connectivity index is 2.10. The van der Waals surface area contributed by atoms with Gasteiger partial charge in [0, 0.05) is 24.2 Å². The lowest BCUT2D eigenvalue weighted by atomic mass is 10.1. The predicted molar refractivity (Wildman–Crippen MR) is 165 cm³/mol. The van der Waals surface area contributed by atoms with Crippen LogP contribution in [0.2, 0.25) is 5.02 Å². The van der Waals surface area contributed by atoms with Crippen LogP contribution in [0.25, 0.3) is 0 Å². The molecule has 0 heterocycles. The number of amides is 2. The van der Waals surface area contributed by atoms with Crippen molar-refractivity contribution in [3.8, 4) is 11.5 Å². The molecular weight excluding hydrogens is 578 g/mol. The number of aryl methyl sites for hydroxylation is 2. The maximum Gasteiger partial charge on any atom is 0.264 e. The van der Waals surface area contributed by atoms with Gasteiger partial charge in [-0.15, -0.1) is 0 Å². The highest BCUT2D eigenvalue weighted by molar-refractivity contribution is 7.92. The number of nitrogens with zero attached hydrogens (tertiary/aromatic N) is 2. The lowest BCUT2D eigenvalue weighted by Crippen LogP contribution is -2.51. The van der Waals surface area contributed by atoms with E-state index in [0.29, 0.717) is 28.6 Å². The second kappa shape index (κ2) is 14.4. The number of sulfonamides is 1. The van der Waals surface area contributed by atoms with E-state index in [9.17, 15) is 18.0 Å². The Hall–Kier alpha value is -3.76. The molecular formula is C31H38ClN3O6S. The van der Waals surface area contributed by atoms with Gasteiger partial charge in [0.05, 0.1) is 24.8 Å². The van der Waals surface area contributed by atoms with Crippen molar-refractivity contribution in [2.75, 3.05) is 31.6 Å². The number of carbonyl (C=O) groups excluding carboxylic acids is 2. The van der Waals surface area contributed by atoms with E-state index in [4.69, 9.17) is 21.1 Å². The highest BCUT2D eigenvalue weighted by Crippen LogP contribution is 2.33. The van der Waals surface area contributed by atoms with Crippen LogP contribution in [-0.2, 0) is 26.2 Å². The highest BCUT2D eigenvalue weighted by atomic mass is 35.5. The van der Waals surface area contributed by atoms with Gasteiger partial charge in [0.2, 0.25) is 11.8 Å². The molecule has 0 saturated carbocycles. The van der Waals surface area contributed by atoms with Gasteiger partial charge in [-0.1, -0.05) is 36.7 Å². The van der Waals surface area contributed by atoms with Crippen molar-refractivity contribution in [3.63, 3.8) is 0 Å². The first-order valence-corrected chi connectivity index (χ1v) is 15.4. The largest absolute Gasteiger partial charge is 0.493 e. The van der Waals surface area contributed by atoms with Gasteiger partial charge >= 0.3 is 0 Å². The first kappa shape index (κ1) is 32.8. The fourth-order valence-corrected chi connectivity index (χ4v) is 6.16. The molecule has 9 nitrogen and oxygen atoms in total. The van der Waals surface area contributed by atoms with Crippen molar-refractivity contribution in [1.29, 1.82) is 0 Å². The molecule has 0 fully saturated rings. The average molecular weight is 616 g/mol. The molecule has 0 bridgehead atoms. The third-order valence-electron chi connectivity index (χ3n) is 6.67. The molecule has 226 valence electrons. The van der Waals surface area contributed by atoms with Crippen LogP contribution in [0.1, 0.15) is 37.0 Å². The summed E-state index contributed by atoms with van der Waals surface area (Å²) in [6, 6.07) is 15.7. The quantitative estimate of drug-likeness (QED) is 0.286. The van der Waals surface area contributed by atoms with Gasteiger partial charge in [-0.3, -0.25) is 13.9 Å². The number of halogens is 1. The fraction of sp³-hybridized carbons (Fsp3) is 0.355. The minimum atomic E-state index is -4.28. The number of hydrogen-bond acceptors (Lipinski definition) is 6. The van der Waals surface area contributed by atoms with Crippen LogP contribution in [0.4, 0.5) is 5.69 Å². The molecule has 1 N–H and O–H groups in total. The topological polar surface area (TPSA) is 105 Å². The molecule has 0 spiro atoms. The molecule has 0 aromatic heterocycles. The number of methoxy groups -OCH3 is 2. The molecule has 2 amide bonds. The molecule has 3 rings (SSSR count). The second-order valence-electron chi connectivity index (χ2n) is 9.99. The first-order valence-electron chi connectivity index (χ1n) is 13.6. The van der Waals surface area contributed by atoms with E-state index in [-0.39, 0.29) is 23.1 Å². The van der Waals surface area contributed by atoms with Crippen LogP contribution in [-0.4, -0.2) is 58.5 Å². The monoisotopic (exact) mass is 615 g/mol. The zero-order valence-corrected chi connectivity index (χ0v) is 26.4. The molecule has 0 aliphatic heterocycles. The van der Waals surface area contributed by atoms with Crippen molar-refractivity contribution < 1.29 is 27.5 Å². The maximum atomic E-state index is 14.2. The summed E-state index contributed by atoms with van der Waals surface area (Å²) in [4.78, 5) is 28.4. The Bertz CT molecular complexity index is 1510. The lowest BCUT2D eigenvalue weighted by molar-refractivity contribution is -0.139. The number of hydrogen-bond donors (Lipinski definition) is 1. The number of rotatable bonds is 13. The van der Waals surface area contributed by atoms with E-state index >= 15 is 0 Å².